The van der Waals surface area contributed by atoms with Crippen molar-refractivity contribution in [1.29, 1.82) is 0 Å². The molecule has 6 heteroatoms. The van der Waals surface area contributed by atoms with Gasteiger partial charge in [-0.2, -0.15) is 0 Å². The van der Waals surface area contributed by atoms with E-state index in [9.17, 15) is 0 Å². The zero-order valence-electron chi connectivity index (χ0n) is 9.60. The van der Waals surface area contributed by atoms with E-state index in [2.05, 4.69) is 17.4 Å². The fourth-order valence-electron chi connectivity index (χ4n) is 1.73. The predicted octanol–water partition coefficient (Wildman–Crippen LogP) is 1.57. The number of nitrogens with one attached hydrogen (secondary N) is 1. The quantitative estimate of drug-likeness (QED) is 0.675. The number of benzene rings is 1. The van der Waals surface area contributed by atoms with Crippen LogP contribution in [0, 0.1) is 0 Å². The van der Waals surface area contributed by atoms with E-state index in [4.69, 9.17) is 31.4 Å². The molecule has 1 aromatic carbocycles. The molecule has 1 atom stereocenters. The van der Waals surface area contributed by atoms with Gasteiger partial charge in [0.05, 0.1) is 0 Å². The molecule has 1 heterocycles. The molecule has 3 N–H and O–H groups in total. The minimum absolute atomic E-state index is 0.624. The molecule has 0 aliphatic carbocycles. The van der Waals surface area contributed by atoms with Gasteiger partial charge in [-0.1, -0.05) is 29.8 Å². The Hall–Kier alpha value is -1.59. The van der Waals surface area contributed by atoms with E-state index < -0.39 is 11.9 Å². The van der Waals surface area contributed by atoms with Gasteiger partial charge in [-0.05, 0) is 30.5 Å². The highest BCUT2D eigenvalue weighted by atomic mass is 35.5. The molecule has 5 nitrogen and oxygen atoms in total. The van der Waals surface area contributed by atoms with E-state index in [1.807, 2.05) is 12.1 Å². The zero-order valence-corrected chi connectivity index (χ0v) is 10.4. The lowest BCUT2D eigenvalue weighted by Gasteiger charge is -2.09. The summed E-state index contributed by atoms with van der Waals surface area (Å²) in [7, 11) is 0. The van der Waals surface area contributed by atoms with Crippen LogP contribution in [0.1, 0.15) is 17.9 Å². The van der Waals surface area contributed by atoms with Crippen LogP contribution < -0.4 is 5.32 Å². The van der Waals surface area contributed by atoms with Crippen LogP contribution in [0.5, 0.6) is 0 Å². The molecule has 0 bridgehead atoms. The van der Waals surface area contributed by atoms with Gasteiger partial charge in [0.1, 0.15) is 0 Å². The predicted molar refractivity (Wildman–Crippen MR) is 67.0 cm³/mol. The molecule has 1 aromatic rings. The van der Waals surface area contributed by atoms with Crippen molar-refractivity contribution in [3.05, 3.63) is 34.9 Å². The summed E-state index contributed by atoms with van der Waals surface area (Å²) in [6.07, 6.45) is 1.21. The van der Waals surface area contributed by atoms with E-state index in [0.29, 0.717) is 5.92 Å². The Morgan fingerprint density at radius 1 is 1.22 bits per heavy atom. The van der Waals surface area contributed by atoms with Crippen LogP contribution >= 0.6 is 11.6 Å². The number of carbonyl (C=O) groups is 2. The third-order valence-electron chi connectivity index (χ3n) is 2.59. The van der Waals surface area contributed by atoms with Gasteiger partial charge in [0.2, 0.25) is 0 Å². The number of rotatable bonds is 1. The van der Waals surface area contributed by atoms with E-state index in [1.54, 1.807) is 0 Å². The van der Waals surface area contributed by atoms with E-state index in [1.165, 1.54) is 12.0 Å². The van der Waals surface area contributed by atoms with Gasteiger partial charge in [0, 0.05) is 11.6 Å². The molecule has 0 aromatic heterocycles. The number of carboxylic acid groups (broad SMARTS) is 2. The van der Waals surface area contributed by atoms with Gasteiger partial charge >= 0.3 is 11.9 Å². The molecular weight excluding hydrogens is 258 g/mol. The number of aliphatic carboxylic acids is 2. The first-order valence-electron chi connectivity index (χ1n) is 5.43. The second kappa shape index (κ2) is 6.98. The molecule has 0 amide bonds. The average molecular weight is 272 g/mol. The van der Waals surface area contributed by atoms with Crippen molar-refractivity contribution in [2.45, 2.75) is 12.3 Å². The van der Waals surface area contributed by atoms with E-state index >= 15 is 0 Å². The van der Waals surface area contributed by atoms with Crippen molar-refractivity contribution < 1.29 is 19.8 Å². The normalized spacial score (nSPS) is 17.7. The van der Waals surface area contributed by atoms with E-state index in [0.717, 1.165) is 18.1 Å². The monoisotopic (exact) mass is 271 g/mol. The summed E-state index contributed by atoms with van der Waals surface area (Å²) in [4.78, 5) is 18.2. The summed E-state index contributed by atoms with van der Waals surface area (Å²) < 4.78 is 0. The Kier molecular flexibility index (Phi) is 5.61. The van der Waals surface area contributed by atoms with Gasteiger partial charge in [-0.3, -0.25) is 0 Å². The van der Waals surface area contributed by atoms with E-state index in [-0.39, 0.29) is 0 Å². The topological polar surface area (TPSA) is 86.6 Å². The maximum atomic E-state index is 9.10. The Balaban J connectivity index is 0.000000232. The minimum atomic E-state index is -1.82. The Morgan fingerprint density at radius 2 is 1.83 bits per heavy atom. The molecule has 1 fully saturated rings. The summed E-state index contributed by atoms with van der Waals surface area (Å²) in [5, 5.41) is 19.0. The first-order valence-corrected chi connectivity index (χ1v) is 5.81. The summed E-state index contributed by atoms with van der Waals surface area (Å²) >= 11 is 6.08. The van der Waals surface area contributed by atoms with Crippen molar-refractivity contribution >= 4 is 23.5 Å². The highest BCUT2D eigenvalue weighted by Crippen LogP contribution is 2.28. The molecule has 0 radical (unpaired) electrons. The lowest BCUT2D eigenvalue weighted by Crippen LogP contribution is -2.09. The second-order valence-electron chi connectivity index (χ2n) is 3.82. The molecule has 98 valence electrons. The standard InChI is InChI=1S/C10H12ClN.C2H2O4/c11-10-4-2-1-3-9(10)8-5-6-12-7-8;3-1(4)2(5)6/h1-4,8,12H,5-7H2;(H,3,4)(H,5,6). The minimum Gasteiger partial charge on any atom is -0.473 e. The smallest absolute Gasteiger partial charge is 0.414 e. The molecule has 1 saturated heterocycles. The molecule has 1 unspecified atom stereocenters. The Labute approximate surface area is 109 Å². The van der Waals surface area contributed by atoms with Crippen LogP contribution in [-0.2, 0) is 9.59 Å². The maximum Gasteiger partial charge on any atom is 0.414 e. The molecule has 18 heavy (non-hydrogen) atoms. The van der Waals surface area contributed by atoms with Gasteiger partial charge in [-0.25, -0.2) is 9.59 Å². The van der Waals surface area contributed by atoms with Crippen molar-refractivity contribution in [1.82, 2.24) is 5.32 Å². The number of hydrogen-bond acceptors (Lipinski definition) is 3. The van der Waals surface area contributed by atoms with Gasteiger partial charge in [-0.15, -0.1) is 0 Å². The van der Waals surface area contributed by atoms with Gasteiger partial charge < -0.3 is 15.5 Å². The molecule has 1 aliphatic heterocycles. The van der Waals surface area contributed by atoms with Crippen LogP contribution in [0.2, 0.25) is 5.02 Å². The van der Waals surface area contributed by atoms with Crippen LogP contribution in [0.25, 0.3) is 0 Å². The molecule has 1 aliphatic rings. The summed E-state index contributed by atoms with van der Waals surface area (Å²) in [6, 6.07) is 8.13. The maximum absolute atomic E-state index is 9.10. The summed E-state index contributed by atoms with van der Waals surface area (Å²) in [5.74, 6) is -3.02. The van der Waals surface area contributed by atoms with Crippen molar-refractivity contribution in [3.63, 3.8) is 0 Å². The Morgan fingerprint density at radius 3 is 2.28 bits per heavy atom. The molecule has 0 saturated carbocycles. The third kappa shape index (κ3) is 4.35. The van der Waals surface area contributed by atoms with Crippen LogP contribution in [0.15, 0.2) is 24.3 Å². The lowest BCUT2D eigenvalue weighted by atomic mass is 9.99. The molecular formula is C12H14ClNO4. The number of carboxylic acids is 2. The average Bonchev–Trinajstić information content (AvgIpc) is 2.83. The van der Waals surface area contributed by atoms with Gasteiger partial charge in [0.25, 0.3) is 0 Å². The zero-order chi connectivity index (χ0) is 13.5. The number of hydrogen-bond donors (Lipinski definition) is 3. The third-order valence-corrected chi connectivity index (χ3v) is 2.93. The van der Waals surface area contributed by atoms with Crippen molar-refractivity contribution in [3.8, 4) is 0 Å². The fourth-order valence-corrected chi connectivity index (χ4v) is 2.02. The van der Waals surface area contributed by atoms with Gasteiger partial charge in [0.15, 0.2) is 0 Å². The fraction of sp³-hybridized carbons (Fsp3) is 0.333. The number of halogens is 1. The van der Waals surface area contributed by atoms with Crippen LogP contribution in [-0.4, -0.2) is 35.2 Å². The van der Waals surface area contributed by atoms with Crippen molar-refractivity contribution in [2.75, 3.05) is 13.1 Å². The summed E-state index contributed by atoms with van der Waals surface area (Å²) in [5.41, 5.74) is 1.30. The summed E-state index contributed by atoms with van der Waals surface area (Å²) in [6.45, 7) is 2.19. The largest absolute Gasteiger partial charge is 0.473 e. The Bertz CT molecular complexity index is 418. The highest BCUT2D eigenvalue weighted by Gasteiger charge is 2.17. The lowest BCUT2D eigenvalue weighted by molar-refractivity contribution is -0.159. The molecule has 2 rings (SSSR count). The highest BCUT2D eigenvalue weighted by molar-refractivity contribution is 6.31. The SMILES string of the molecule is Clc1ccccc1C1CCNC1.O=C(O)C(=O)O. The first kappa shape index (κ1) is 14.5. The van der Waals surface area contributed by atoms with Crippen LogP contribution in [0.4, 0.5) is 0 Å². The first-order chi connectivity index (χ1) is 8.52. The molecule has 0 spiro atoms. The second-order valence-corrected chi connectivity index (χ2v) is 4.23. The van der Waals surface area contributed by atoms with Crippen LogP contribution in [0.3, 0.4) is 0 Å². The van der Waals surface area contributed by atoms with Crippen molar-refractivity contribution in [2.24, 2.45) is 0 Å².